The lowest BCUT2D eigenvalue weighted by Crippen LogP contribution is -2.19. The molecule has 0 amide bonds. The first-order valence-corrected chi connectivity index (χ1v) is 8.28. The summed E-state index contributed by atoms with van der Waals surface area (Å²) in [5.41, 5.74) is 3.12. The van der Waals surface area contributed by atoms with Gasteiger partial charge in [-0.15, -0.1) is 12.4 Å². The number of aromatic carboxylic acids is 1. The first-order valence-electron chi connectivity index (χ1n) is 8.28. The molecule has 2 aliphatic heterocycles. The molecule has 0 saturated heterocycles. The van der Waals surface area contributed by atoms with Gasteiger partial charge in [0.25, 0.3) is 5.56 Å². The fraction of sp³-hybridized carbons (Fsp3) is 0.333. The van der Waals surface area contributed by atoms with Crippen molar-refractivity contribution in [3.63, 3.8) is 0 Å². The Bertz CT molecular complexity index is 954. The van der Waals surface area contributed by atoms with Crippen LogP contribution in [0.15, 0.2) is 16.9 Å². The molecule has 2 aliphatic rings. The normalized spacial score (nSPS) is 14.4. The standard InChI is InChI=1S/C18H18N2O5.ClH/c1-2-20-7-5-10-9-6-8-25-16-14(11(9)3-4-12(10)20)19-17(22)13(15(16)21)18(23)24;/h3-4H,2,5-8H2,1H3,(H,23,24)(H2,19,21,22);1H. The van der Waals surface area contributed by atoms with Crippen molar-refractivity contribution >= 4 is 24.1 Å². The number of H-pyrrole nitrogens is 1. The lowest BCUT2D eigenvalue weighted by atomic mass is 9.94. The van der Waals surface area contributed by atoms with Gasteiger partial charge in [0.05, 0.1) is 12.3 Å². The van der Waals surface area contributed by atoms with Crippen LogP contribution in [0.4, 0.5) is 5.69 Å². The maximum atomic E-state index is 12.1. The van der Waals surface area contributed by atoms with Gasteiger partial charge < -0.3 is 24.8 Å². The molecule has 26 heavy (non-hydrogen) atoms. The molecule has 0 bridgehead atoms. The van der Waals surface area contributed by atoms with E-state index in [9.17, 15) is 14.7 Å². The Morgan fingerprint density at radius 1 is 1.31 bits per heavy atom. The Balaban J connectivity index is 0.00000196. The Morgan fingerprint density at radius 2 is 2.08 bits per heavy atom. The summed E-state index contributed by atoms with van der Waals surface area (Å²) >= 11 is 0. The van der Waals surface area contributed by atoms with Crippen molar-refractivity contribution in [3.8, 4) is 22.8 Å². The molecule has 0 atom stereocenters. The molecular weight excluding hydrogens is 360 g/mol. The predicted octanol–water partition coefficient (Wildman–Crippen LogP) is 2.18. The molecule has 3 heterocycles. The number of rotatable bonds is 2. The van der Waals surface area contributed by atoms with Gasteiger partial charge in [-0.2, -0.15) is 0 Å². The van der Waals surface area contributed by atoms with E-state index in [0.717, 1.165) is 30.6 Å². The largest absolute Gasteiger partial charge is 0.503 e. The van der Waals surface area contributed by atoms with Crippen LogP contribution >= 0.6 is 12.4 Å². The van der Waals surface area contributed by atoms with Crippen LogP contribution in [0.1, 0.15) is 28.4 Å². The average Bonchev–Trinajstić information content (AvgIpc) is 2.90. The minimum Gasteiger partial charge on any atom is -0.503 e. The number of hydrogen-bond donors (Lipinski definition) is 3. The molecule has 0 fully saturated rings. The van der Waals surface area contributed by atoms with Gasteiger partial charge in [0.1, 0.15) is 0 Å². The number of nitrogens with one attached hydrogen (secondary N) is 1. The van der Waals surface area contributed by atoms with Gasteiger partial charge in [0.15, 0.2) is 17.1 Å². The number of carboxylic acids is 1. The van der Waals surface area contributed by atoms with Crippen molar-refractivity contribution in [1.82, 2.24) is 4.98 Å². The van der Waals surface area contributed by atoms with Crippen molar-refractivity contribution < 1.29 is 19.7 Å². The Morgan fingerprint density at radius 3 is 2.77 bits per heavy atom. The van der Waals surface area contributed by atoms with Crippen LogP contribution in [0.25, 0.3) is 11.3 Å². The summed E-state index contributed by atoms with van der Waals surface area (Å²) in [7, 11) is 0. The third-order valence-corrected chi connectivity index (χ3v) is 4.99. The van der Waals surface area contributed by atoms with E-state index in [0.29, 0.717) is 18.7 Å². The molecule has 8 heteroatoms. The van der Waals surface area contributed by atoms with E-state index in [4.69, 9.17) is 9.84 Å². The minimum absolute atomic E-state index is 0. The molecule has 0 radical (unpaired) electrons. The van der Waals surface area contributed by atoms with Crippen molar-refractivity contribution in [2.75, 3.05) is 24.6 Å². The lowest BCUT2D eigenvalue weighted by molar-refractivity contribution is 0.0690. The van der Waals surface area contributed by atoms with E-state index in [1.807, 2.05) is 12.1 Å². The molecule has 1 aromatic heterocycles. The number of aromatic nitrogens is 1. The Kier molecular flexibility index (Phi) is 4.58. The quantitative estimate of drug-likeness (QED) is 0.740. The Hall–Kier alpha value is -2.67. The van der Waals surface area contributed by atoms with Crippen molar-refractivity contribution in [1.29, 1.82) is 0 Å². The number of carbonyl (C=O) groups is 1. The van der Waals surface area contributed by atoms with Crippen LogP contribution in [0.3, 0.4) is 0 Å². The summed E-state index contributed by atoms with van der Waals surface area (Å²) in [6.45, 7) is 4.30. The third kappa shape index (κ3) is 2.50. The second-order valence-electron chi connectivity index (χ2n) is 6.20. The molecular formula is C18H19ClN2O5. The van der Waals surface area contributed by atoms with Gasteiger partial charge in [-0.05, 0) is 30.5 Å². The number of hydrogen-bond acceptors (Lipinski definition) is 5. The van der Waals surface area contributed by atoms with Crippen LogP contribution < -0.4 is 15.2 Å². The number of anilines is 1. The van der Waals surface area contributed by atoms with E-state index in [1.165, 1.54) is 11.3 Å². The number of ether oxygens (including phenoxy) is 1. The van der Waals surface area contributed by atoms with Crippen molar-refractivity contribution in [2.24, 2.45) is 0 Å². The van der Waals surface area contributed by atoms with Gasteiger partial charge in [0, 0.05) is 30.8 Å². The highest BCUT2D eigenvalue weighted by molar-refractivity contribution is 5.93. The first-order chi connectivity index (χ1) is 12.0. The molecule has 1 aromatic carbocycles. The van der Waals surface area contributed by atoms with E-state index in [2.05, 4.69) is 16.8 Å². The number of pyridine rings is 1. The van der Waals surface area contributed by atoms with E-state index < -0.39 is 22.8 Å². The summed E-state index contributed by atoms with van der Waals surface area (Å²) in [5, 5.41) is 19.4. The number of likely N-dealkylation sites (N-methyl/N-ethyl adjacent to an activating group) is 1. The molecule has 0 aliphatic carbocycles. The zero-order chi connectivity index (χ0) is 17.7. The van der Waals surface area contributed by atoms with Gasteiger partial charge in [-0.3, -0.25) is 4.79 Å². The van der Waals surface area contributed by atoms with E-state index in [1.54, 1.807) is 0 Å². The number of carboxylic acid groups (broad SMARTS) is 1. The second-order valence-corrected chi connectivity index (χ2v) is 6.20. The van der Waals surface area contributed by atoms with Crippen molar-refractivity contribution in [3.05, 3.63) is 39.2 Å². The molecule has 7 nitrogen and oxygen atoms in total. The van der Waals surface area contributed by atoms with Crippen LogP contribution in [0, 0.1) is 0 Å². The highest BCUT2D eigenvalue weighted by Gasteiger charge is 2.30. The van der Waals surface area contributed by atoms with Gasteiger partial charge in [-0.1, -0.05) is 6.07 Å². The van der Waals surface area contributed by atoms with Gasteiger partial charge >= 0.3 is 5.97 Å². The number of fused-ring (bicyclic) bond motifs is 5. The zero-order valence-electron chi connectivity index (χ0n) is 14.2. The zero-order valence-corrected chi connectivity index (χ0v) is 15.0. The Labute approximate surface area is 155 Å². The third-order valence-electron chi connectivity index (χ3n) is 4.99. The van der Waals surface area contributed by atoms with Gasteiger partial charge in [0.2, 0.25) is 0 Å². The summed E-state index contributed by atoms with van der Waals surface area (Å²) < 4.78 is 5.62. The number of aromatic amines is 1. The minimum atomic E-state index is -1.48. The number of nitrogens with zero attached hydrogens (tertiary/aromatic N) is 1. The summed E-state index contributed by atoms with van der Waals surface area (Å²) in [4.78, 5) is 28.3. The van der Waals surface area contributed by atoms with Gasteiger partial charge in [-0.25, -0.2) is 4.79 Å². The smallest absolute Gasteiger partial charge is 0.345 e. The van der Waals surface area contributed by atoms with Crippen LogP contribution in [-0.4, -0.2) is 40.9 Å². The van der Waals surface area contributed by atoms with Crippen molar-refractivity contribution in [2.45, 2.75) is 19.8 Å². The summed E-state index contributed by atoms with van der Waals surface area (Å²) in [5.74, 6) is -2.07. The van der Waals surface area contributed by atoms with E-state index >= 15 is 0 Å². The SMILES string of the molecule is CCN1CCc2c1ccc1c2CCOc2c-1[nH]c(=O)c(C(=O)O)c2O.Cl. The fourth-order valence-corrected chi connectivity index (χ4v) is 3.83. The monoisotopic (exact) mass is 378 g/mol. The maximum absolute atomic E-state index is 12.1. The average molecular weight is 379 g/mol. The van der Waals surface area contributed by atoms with E-state index in [-0.39, 0.29) is 18.2 Å². The summed E-state index contributed by atoms with van der Waals surface area (Å²) in [6.07, 6.45) is 1.56. The first kappa shape index (κ1) is 18.1. The molecule has 0 spiro atoms. The topological polar surface area (TPSA) is 103 Å². The molecule has 0 saturated carbocycles. The molecule has 2 aromatic rings. The molecule has 0 unspecified atom stereocenters. The second kappa shape index (κ2) is 6.57. The predicted molar refractivity (Wildman–Crippen MR) is 99.2 cm³/mol. The lowest BCUT2D eigenvalue weighted by Gasteiger charge is -2.18. The highest BCUT2D eigenvalue weighted by atomic mass is 35.5. The highest BCUT2D eigenvalue weighted by Crippen LogP contribution is 2.44. The van der Waals surface area contributed by atoms with Crippen LogP contribution in [-0.2, 0) is 12.8 Å². The maximum Gasteiger partial charge on any atom is 0.345 e. The summed E-state index contributed by atoms with van der Waals surface area (Å²) in [6, 6.07) is 3.92. The fourth-order valence-electron chi connectivity index (χ4n) is 3.83. The van der Waals surface area contributed by atoms with Crippen LogP contribution in [0.2, 0.25) is 0 Å². The molecule has 4 rings (SSSR count). The number of aromatic hydroxyl groups is 1. The number of benzene rings is 1. The van der Waals surface area contributed by atoms with Crippen LogP contribution in [0.5, 0.6) is 11.5 Å². The number of halogens is 1. The molecule has 3 N–H and O–H groups in total. The molecule has 138 valence electrons.